The fraction of sp³-hybridized carbons (Fsp3) is 0.0435. The van der Waals surface area contributed by atoms with Crippen molar-refractivity contribution in [2.75, 3.05) is 0 Å². The van der Waals surface area contributed by atoms with Gasteiger partial charge in [0.1, 0.15) is 18.4 Å². The van der Waals surface area contributed by atoms with Crippen molar-refractivity contribution < 1.29 is 4.74 Å². The van der Waals surface area contributed by atoms with Crippen LogP contribution in [0.3, 0.4) is 0 Å². The van der Waals surface area contributed by atoms with E-state index in [1.165, 1.54) is 11.8 Å². The number of H-pyrrole nitrogens is 1. The number of nitrogens with one attached hydrogen (secondary N) is 1. The van der Waals surface area contributed by atoms with Gasteiger partial charge >= 0.3 is 0 Å². The van der Waals surface area contributed by atoms with Crippen molar-refractivity contribution in [2.45, 2.75) is 11.8 Å². The number of hydrogen-bond acceptors (Lipinski definition) is 4. The lowest BCUT2D eigenvalue weighted by Crippen LogP contribution is -1.97. The van der Waals surface area contributed by atoms with Crippen molar-refractivity contribution in [1.29, 1.82) is 5.26 Å². The highest BCUT2D eigenvalue weighted by atomic mass is 79.9. The molecule has 0 bridgehead atoms. The molecule has 0 saturated heterocycles. The molecule has 4 aromatic rings. The second-order valence-corrected chi connectivity index (χ2v) is 9.11. The van der Waals surface area contributed by atoms with Gasteiger partial charge in [-0.05, 0) is 85.1 Å². The molecule has 0 amide bonds. The van der Waals surface area contributed by atoms with Crippen molar-refractivity contribution in [3.63, 3.8) is 0 Å². The van der Waals surface area contributed by atoms with E-state index in [9.17, 15) is 5.26 Å². The van der Waals surface area contributed by atoms with Crippen LogP contribution in [0.4, 0.5) is 0 Å². The molecule has 30 heavy (non-hydrogen) atoms. The number of fused-ring (bicyclic) bond motifs is 1. The highest BCUT2D eigenvalue weighted by Crippen LogP contribution is 2.37. The highest BCUT2D eigenvalue weighted by molar-refractivity contribution is 9.11. The molecule has 4 nitrogen and oxygen atoms in total. The van der Waals surface area contributed by atoms with Gasteiger partial charge in [-0.3, -0.25) is 0 Å². The first-order valence-electron chi connectivity index (χ1n) is 9.02. The van der Waals surface area contributed by atoms with Crippen molar-refractivity contribution >= 4 is 60.7 Å². The first kappa shape index (κ1) is 20.7. The van der Waals surface area contributed by atoms with Crippen LogP contribution in [0.25, 0.3) is 17.1 Å². The lowest BCUT2D eigenvalue weighted by molar-refractivity contribution is 0.302. The molecule has 0 aliphatic heterocycles. The van der Waals surface area contributed by atoms with E-state index in [1.54, 1.807) is 0 Å². The largest absolute Gasteiger partial charge is 0.487 e. The van der Waals surface area contributed by atoms with Crippen LogP contribution in [0.1, 0.15) is 11.1 Å². The van der Waals surface area contributed by atoms with Crippen LogP contribution in [-0.2, 0) is 6.61 Å². The van der Waals surface area contributed by atoms with E-state index in [-0.39, 0.29) is 0 Å². The summed E-state index contributed by atoms with van der Waals surface area (Å²) in [6.07, 6.45) is 1.83. The zero-order valence-corrected chi connectivity index (χ0v) is 19.6. The predicted molar refractivity (Wildman–Crippen MR) is 128 cm³/mol. The quantitative estimate of drug-likeness (QED) is 0.205. The number of halogens is 2. The van der Waals surface area contributed by atoms with Gasteiger partial charge in [-0.2, -0.15) is 5.26 Å². The number of rotatable bonds is 6. The van der Waals surface area contributed by atoms with Gasteiger partial charge in [-0.15, -0.1) is 0 Å². The third-order valence-corrected chi connectivity index (χ3v) is 6.22. The molecule has 0 unspecified atom stereocenters. The first-order chi connectivity index (χ1) is 14.6. The number of imidazole rings is 1. The van der Waals surface area contributed by atoms with Gasteiger partial charge < -0.3 is 9.72 Å². The second kappa shape index (κ2) is 9.52. The number of aromatic amines is 1. The van der Waals surface area contributed by atoms with Crippen LogP contribution in [0.2, 0.25) is 0 Å². The summed E-state index contributed by atoms with van der Waals surface area (Å²) < 4.78 is 7.59. The molecular weight excluding hydrogens is 526 g/mol. The second-order valence-electron chi connectivity index (χ2n) is 6.37. The molecule has 1 N–H and O–H groups in total. The summed E-state index contributed by atoms with van der Waals surface area (Å²) in [5.74, 6) is 0.722. The molecule has 7 heteroatoms. The van der Waals surface area contributed by atoms with Gasteiger partial charge in [-0.25, -0.2) is 4.98 Å². The Morgan fingerprint density at radius 3 is 2.47 bits per heavy atom. The third kappa shape index (κ3) is 4.96. The smallest absolute Gasteiger partial charge is 0.171 e. The molecule has 1 heterocycles. The summed E-state index contributed by atoms with van der Waals surface area (Å²) in [6, 6.07) is 23.9. The van der Waals surface area contributed by atoms with Crippen molar-refractivity contribution in [2.24, 2.45) is 0 Å². The van der Waals surface area contributed by atoms with Crippen molar-refractivity contribution in [3.05, 3.63) is 91.7 Å². The SMILES string of the molecule is N#C/C(=C\c1cc(Br)c(OCc2ccccc2)c(Br)c1)Sc1nc2ccccc2[nH]1. The molecule has 0 fully saturated rings. The Kier molecular flexibility index (Phi) is 6.58. The number of aromatic nitrogens is 2. The third-order valence-electron chi connectivity index (χ3n) is 4.23. The van der Waals surface area contributed by atoms with Crippen LogP contribution < -0.4 is 4.74 Å². The van der Waals surface area contributed by atoms with E-state index in [0.717, 1.165) is 36.9 Å². The van der Waals surface area contributed by atoms with Gasteiger partial charge in [0.05, 0.1) is 24.9 Å². The molecular formula is C23H15Br2N3OS. The minimum atomic E-state index is 0.471. The van der Waals surface area contributed by atoms with Crippen LogP contribution in [0.15, 0.2) is 85.7 Å². The number of benzene rings is 3. The molecule has 3 aromatic carbocycles. The molecule has 4 rings (SSSR count). The lowest BCUT2D eigenvalue weighted by Gasteiger charge is -2.11. The van der Waals surface area contributed by atoms with Gasteiger partial charge in [0, 0.05) is 0 Å². The Bertz CT molecular complexity index is 1210. The summed E-state index contributed by atoms with van der Waals surface area (Å²) >= 11 is 8.47. The fourth-order valence-corrected chi connectivity index (χ4v) is 5.05. The maximum Gasteiger partial charge on any atom is 0.171 e. The van der Waals surface area contributed by atoms with E-state index < -0.39 is 0 Å². The number of para-hydroxylation sites is 2. The number of allylic oxidation sites excluding steroid dienone is 1. The Hall–Kier alpha value is -2.53. The normalized spacial score (nSPS) is 11.4. The topological polar surface area (TPSA) is 61.7 Å². The Labute approximate surface area is 195 Å². The molecule has 0 spiro atoms. The first-order valence-corrected chi connectivity index (χ1v) is 11.4. The summed E-state index contributed by atoms with van der Waals surface area (Å²) in [5.41, 5.74) is 3.79. The minimum absolute atomic E-state index is 0.471. The van der Waals surface area contributed by atoms with Gasteiger partial charge in [0.2, 0.25) is 0 Å². The van der Waals surface area contributed by atoms with E-state index in [4.69, 9.17) is 4.74 Å². The zero-order chi connectivity index (χ0) is 20.9. The maximum absolute atomic E-state index is 9.60. The lowest BCUT2D eigenvalue weighted by atomic mass is 10.2. The van der Waals surface area contributed by atoms with Gasteiger partial charge in [0.25, 0.3) is 0 Å². The summed E-state index contributed by atoms with van der Waals surface area (Å²) in [5, 5.41) is 10.3. The monoisotopic (exact) mass is 539 g/mol. The van der Waals surface area contributed by atoms with Gasteiger partial charge in [-0.1, -0.05) is 42.5 Å². The molecule has 0 radical (unpaired) electrons. The standard InChI is InChI=1S/C23H15Br2N3OS/c24-18-11-16(12-19(25)22(18)29-14-15-6-2-1-3-7-15)10-17(13-26)30-23-27-20-8-4-5-9-21(20)28-23/h1-12H,14H2,(H,27,28)/b17-10+. The molecule has 148 valence electrons. The molecule has 1 aromatic heterocycles. The average molecular weight is 541 g/mol. The van der Waals surface area contributed by atoms with Crippen LogP contribution in [0, 0.1) is 11.3 Å². The Morgan fingerprint density at radius 1 is 1.07 bits per heavy atom. The van der Waals surface area contributed by atoms with Crippen molar-refractivity contribution in [3.8, 4) is 11.8 Å². The predicted octanol–water partition coefficient (Wildman–Crippen LogP) is 7.32. The van der Waals surface area contributed by atoms with E-state index in [1.807, 2.05) is 72.8 Å². The van der Waals surface area contributed by atoms with Crippen molar-refractivity contribution in [1.82, 2.24) is 9.97 Å². The summed E-state index contributed by atoms with van der Waals surface area (Å²) in [7, 11) is 0. The molecule has 0 saturated carbocycles. The van der Waals surface area contributed by atoms with E-state index >= 15 is 0 Å². The van der Waals surface area contributed by atoms with Gasteiger partial charge in [0.15, 0.2) is 5.16 Å². The Balaban J connectivity index is 1.53. The zero-order valence-electron chi connectivity index (χ0n) is 15.6. The van der Waals surface area contributed by atoms with E-state index in [2.05, 4.69) is 47.9 Å². The van der Waals surface area contributed by atoms with Crippen LogP contribution >= 0.6 is 43.6 Å². The Morgan fingerprint density at radius 2 is 1.77 bits per heavy atom. The van der Waals surface area contributed by atoms with E-state index in [0.29, 0.717) is 16.7 Å². The molecule has 0 aliphatic rings. The molecule has 0 atom stereocenters. The van der Waals surface area contributed by atoms with Crippen LogP contribution in [0.5, 0.6) is 5.75 Å². The summed E-state index contributed by atoms with van der Waals surface area (Å²) in [4.78, 5) is 8.29. The van der Waals surface area contributed by atoms with Crippen LogP contribution in [-0.4, -0.2) is 9.97 Å². The average Bonchev–Trinajstić information content (AvgIpc) is 3.16. The number of nitriles is 1. The fourth-order valence-electron chi connectivity index (χ4n) is 2.85. The number of ether oxygens (including phenoxy) is 1. The number of hydrogen-bond donors (Lipinski definition) is 1. The number of nitrogens with zero attached hydrogens (tertiary/aromatic N) is 2. The molecule has 0 aliphatic carbocycles. The summed E-state index contributed by atoms with van der Waals surface area (Å²) in [6.45, 7) is 0.471. The minimum Gasteiger partial charge on any atom is -0.487 e. The highest BCUT2D eigenvalue weighted by Gasteiger charge is 2.11. The number of thioether (sulfide) groups is 1. The maximum atomic E-state index is 9.60.